The van der Waals surface area contributed by atoms with Gasteiger partial charge >= 0.3 is 6.18 Å². The highest BCUT2D eigenvalue weighted by Gasteiger charge is 2.34. The van der Waals surface area contributed by atoms with Gasteiger partial charge in [0.15, 0.2) is 0 Å². The first-order valence-corrected chi connectivity index (χ1v) is 6.41. The van der Waals surface area contributed by atoms with E-state index in [4.69, 9.17) is 0 Å². The smallest absolute Gasteiger partial charge is 0.348 e. The minimum Gasteiger partial charge on any atom is -0.348 e. The summed E-state index contributed by atoms with van der Waals surface area (Å²) in [4.78, 5) is 11.8. The highest BCUT2D eigenvalue weighted by atomic mass is 19.4. The summed E-state index contributed by atoms with van der Waals surface area (Å²) < 4.78 is 50.9. The molecular weight excluding hydrogens is 288 g/mol. The lowest BCUT2D eigenvalue weighted by molar-refractivity contribution is -0.140. The summed E-state index contributed by atoms with van der Waals surface area (Å²) in [5.74, 6) is -2.04. The summed E-state index contributed by atoms with van der Waals surface area (Å²) in [5, 5.41) is 5.65. The van der Waals surface area contributed by atoms with Crippen LogP contribution in [0.15, 0.2) is 29.8 Å². The van der Waals surface area contributed by atoms with Crippen LogP contribution in [0.2, 0.25) is 0 Å². The molecule has 1 aromatic carbocycles. The molecule has 1 aliphatic heterocycles. The van der Waals surface area contributed by atoms with E-state index in [1.54, 1.807) is 0 Å². The minimum absolute atomic E-state index is 0.210. The standard InChI is InChI=1S/C14H14F4N2O/c15-12-2-1-10(7-11(12)14(16,17)18)13(21)20-8-9-3-5-19-6-4-9/h1-3,7,19H,4-6,8H2,(H,20,21). The Kier molecular flexibility index (Phi) is 4.62. The number of amides is 1. The number of halogens is 4. The molecule has 21 heavy (non-hydrogen) atoms. The third-order valence-corrected chi connectivity index (χ3v) is 3.17. The van der Waals surface area contributed by atoms with Crippen LogP contribution in [0.4, 0.5) is 17.6 Å². The van der Waals surface area contributed by atoms with Gasteiger partial charge in [0.1, 0.15) is 5.82 Å². The Hall–Kier alpha value is -1.89. The van der Waals surface area contributed by atoms with Gasteiger partial charge in [-0.2, -0.15) is 13.2 Å². The van der Waals surface area contributed by atoms with Crippen molar-refractivity contribution in [2.45, 2.75) is 12.6 Å². The Morgan fingerprint density at radius 2 is 2.10 bits per heavy atom. The number of carbonyl (C=O) groups is 1. The van der Waals surface area contributed by atoms with Crippen molar-refractivity contribution in [3.8, 4) is 0 Å². The number of alkyl halides is 3. The van der Waals surface area contributed by atoms with Gasteiger partial charge in [0.25, 0.3) is 5.91 Å². The van der Waals surface area contributed by atoms with Gasteiger partial charge in [0, 0.05) is 18.7 Å². The number of hydrogen-bond acceptors (Lipinski definition) is 2. The van der Waals surface area contributed by atoms with E-state index in [1.807, 2.05) is 6.08 Å². The van der Waals surface area contributed by atoms with E-state index in [1.165, 1.54) is 0 Å². The Bertz CT molecular complexity index is 567. The fourth-order valence-electron chi connectivity index (χ4n) is 2.01. The second kappa shape index (κ2) is 6.26. The predicted octanol–water partition coefficient (Wildman–Crippen LogP) is 2.49. The van der Waals surface area contributed by atoms with Gasteiger partial charge in [-0.25, -0.2) is 4.39 Å². The third kappa shape index (κ3) is 4.04. The van der Waals surface area contributed by atoms with Crippen LogP contribution in [0.5, 0.6) is 0 Å². The highest BCUT2D eigenvalue weighted by molar-refractivity contribution is 5.94. The van der Waals surface area contributed by atoms with Crippen molar-refractivity contribution in [1.29, 1.82) is 0 Å². The van der Waals surface area contributed by atoms with Gasteiger partial charge in [-0.15, -0.1) is 0 Å². The summed E-state index contributed by atoms with van der Waals surface area (Å²) in [6, 6.07) is 2.22. The topological polar surface area (TPSA) is 41.1 Å². The summed E-state index contributed by atoms with van der Waals surface area (Å²) >= 11 is 0. The van der Waals surface area contributed by atoms with E-state index in [-0.39, 0.29) is 12.1 Å². The predicted molar refractivity (Wildman–Crippen MR) is 69.3 cm³/mol. The zero-order chi connectivity index (χ0) is 15.5. The Morgan fingerprint density at radius 3 is 2.71 bits per heavy atom. The van der Waals surface area contributed by atoms with Crippen LogP contribution in [-0.2, 0) is 6.18 Å². The maximum Gasteiger partial charge on any atom is 0.419 e. The fourth-order valence-corrected chi connectivity index (χ4v) is 2.01. The van der Waals surface area contributed by atoms with Crippen molar-refractivity contribution in [2.24, 2.45) is 0 Å². The molecule has 0 saturated heterocycles. The minimum atomic E-state index is -4.82. The van der Waals surface area contributed by atoms with E-state index >= 15 is 0 Å². The normalized spacial score (nSPS) is 15.5. The summed E-state index contributed by atoms with van der Waals surface area (Å²) in [5.41, 5.74) is -0.630. The highest BCUT2D eigenvalue weighted by Crippen LogP contribution is 2.31. The van der Waals surface area contributed by atoms with E-state index < -0.39 is 23.5 Å². The molecule has 1 heterocycles. The zero-order valence-corrected chi connectivity index (χ0v) is 11.1. The molecule has 0 radical (unpaired) electrons. The fraction of sp³-hybridized carbons (Fsp3) is 0.357. The molecule has 1 amide bonds. The molecule has 0 unspecified atom stereocenters. The molecule has 2 rings (SSSR count). The summed E-state index contributed by atoms with van der Waals surface area (Å²) in [7, 11) is 0. The van der Waals surface area contributed by atoms with E-state index in [2.05, 4.69) is 10.6 Å². The van der Waals surface area contributed by atoms with E-state index in [0.29, 0.717) is 18.7 Å². The lowest BCUT2D eigenvalue weighted by Crippen LogP contribution is -2.29. The monoisotopic (exact) mass is 302 g/mol. The average Bonchev–Trinajstić information content (AvgIpc) is 2.45. The van der Waals surface area contributed by atoms with Gasteiger partial charge in [-0.1, -0.05) is 11.6 Å². The molecule has 3 nitrogen and oxygen atoms in total. The average molecular weight is 302 g/mol. The van der Waals surface area contributed by atoms with Crippen molar-refractivity contribution < 1.29 is 22.4 Å². The van der Waals surface area contributed by atoms with Crippen molar-refractivity contribution in [2.75, 3.05) is 19.6 Å². The number of benzene rings is 1. The second-order valence-corrected chi connectivity index (χ2v) is 4.69. The molecule has 2 N–H and O–H groups in total. The van der Waals surface area contributed by atoms with Crippen molar-refractivity contribution >= 4 is 5.91 Å². The van der Waals surface area contributed by atoms with Crippen molar-refractivity contribution in [3.63, 3.8) is 0 Å². The van der Waals surface area contributed by atoms with Crippen LogP contribution in [0, 0.1) is 5.82 Å². The first-order valence-electron chi connectivity index (χ1n) is 6.41. The number of nitrogens with one attached hydrogen (secondary N) is 2. The lowest BCUT2D eigenvalue weighted by atomic mass is 10.1. The quantitative estimate of drug-likeness (QED) is 0.665. The molecule has 1 aromatic rings. The molecule has 0 atom stereocenters. The number of rotatable bonds is 3. The first kappa shape index (κ1) is 15.5. The van der Waals surface area contributed by atoms with Crippen LogP contribution < -0.4 is 10.6 Å². The molecule has 0 spiro atoms. The molecule has 0 bridgehead atoms. The molecule has 7 heteroatoms. The van der Waals surface area contributed by atoms with Crippen LogP contribution in [0.1, 0.15) is 22.3 Å². The van der Waals surface area contributed by atoms with Crippen molar-refractivity contribution in [3.05, 3.63) is 46.8 Å². The largest absolute Gasteiger partial charge is 0.419 e. The van der Waals surface area contributed by atoms with Crippen LogP contribution in [-0.4, -0.2) is 25.5 Å². The van der Waals surface area contributed by atoms with Gasteiger partial charge in [-0.05, 0) is 31.2 Å². The SMILES string of the molecule is O=C(NCC1=CCNCC1)c1ccc(F)c(C(F)(F)F)c1. The molecule has 0 fully saturated rings. The van der Waals surface area contributed by atoms with Gasteiger partial charge in [0.2, 0.25) is 0 Å². The van der Waals surface area contributed by atoms with Gasteiger partial charge in [-0.3, -0.25) is 4.79 Å². The van der Waals surface area contributed by atoms with Gasteiger partial charge in [0.05, 0.1) is 5.56 Å². The lowest BCUT2D eigenvalue weighted by Gasteiger charge is -2.15. The number of hydrogen-bond donors (Lipinski definition) is 2. The first-order chi connectivity index (χ1) is 9.88. The van der Waals surface area contributed by atoms with Crippen LogP contribution in [0.25, 0.3) is 0 Å². The molecule has 114 valence electrons. The Balaban J connectivity index is 2.07. The Morgan fingerprint density at radius 1 is 1.33 bits per heavy atom. The second-order valence-electron chi connectivity index (χ2n) is 4.69. The zero-order valence-electron chi connectivity index (χ0n) is 11.1. The number of carbonyl (C=O) groups excluding carboxylic acids is 1. The molecule has 0 aliphatic carbocycles. The van der Waals surface area contributed by atoms with Crippen molar-refractivity contribution in [1.82, 2.24) is 10.6 Å². The maximum atomic E-state index is 13.1. The Labute approximate surface area is 119 Å². The molecule has 0 saturated carbocycles. The van der Waals surface area contributed by atoms with Crippen LogP contribution >= 0.6 is 0 Å². The molecule has 0 aromatic heterocycles. The molecule has 1 aliphatic rings. The van der Waals surface area contributed by atoms with E-state index in [9.17, 15) is 22.4 Å². The van der Waals surface area contributed by atoms with Crippen LogP contribution in [0.3, 0.4) is 0 Å². The van der Waals surface area contributed by atoms with Gasteiger partial charge < -0.3 is 10.6 Å². The molecular formula is C14H14F4N2O. The third-order valence-electron chi connectivity index (χ3n) is 3.17. The van der Waals surface area contributed by atoms with E-state index in [0.717, 1.165) is 24.6 Å². The summed E-state index contributed by atoms with van der Waals surface area (Å²) in [6.07, 6.45) is -2.12. The summed E-state index contributed by atoms with van der Waals surface area (Å²) in [6.45, 7) is 1.79. The maximum absolute atomic E-state index is 13.1.